The minimum absolute atomic E-state index is 0.274. The first-order chi connectivity index (χ1) is 17.1. The zero-order valence-electron chi connectivity index (χ0n) is 20.5. The summed E-state index contributed by atoms with van der Waals surface area (Å²) >= 11 is 6.47. The molecule has 1 N–H and O–H groups in total. The molecular formula is C28H35ClFN5. The second-order valence-corrected chi connectivity index (χ2v) is 10.5. The second-order valence-electron chi connectivity index (χ2n) is 10.1. The van der Waals surface area contributed by atoms with Crippen LogP contribution >= 0.6 is 11.6 Å². The lowest BCUT2D eigenvalue weighted by Gasteiger charge is -2.38. The Kier molecular flexibility index (Phi) is 7.81. The maximum Gasteiger partial charge on any atom is 0.152 e. The van der Waals surface area contributed by atoms with Crippen LogP contribution in [0.25, 0.3) is 0 Å². The molecule has 1 aliphatic carbocycles. The van der Waals surface area contributed by atoms with Crippen LogP contribution in [0.1, 0.15) is 56.3 Å². The van der Waals surface area contributed by atoms with E-state index in [1.165, 1.54) is 50.8 Å². The van der Waals surface area contributed by atoms with Crippen molar-refractivity contribution in [2.75, 3.05) is 39.3 Å². The minimum Gasteiger partial charge on any atom is -0.341 e. The van der Waals surface area contributed by atoms with Gasteiger partial charge in [-0.1, -0.05) is 43.0 Å². The Balaban J connectivity index is 1.31. The standard InChI is InChI=1S/C28H35ClFN5/c1-20-26(19-35-15-13-34(14-16-35)18-21-7-3-2-4-8-21)32-28(25-9-5-6-12-31-25)33-27(20)23-11-10-22(30)17-24(23)29/h5-6,9-12,17,21,27H,2-4,7-8,13-16,18-19H2,1H3,(H,32,33). The molecule has 7 heteroatoms. The molecule has 3 aliphatic rings. The van der Waals surface area contributed by atoms with Gasteiger partial charge in [0.05, 0.1) is 0 Å². The molecule has 1 aromatic carbocycles. The average molecular weight is 496 g/mol. The monoisotopic (exact) mass is 495 g/mol. The van der Waals surface area contributed by atoms with Gasteiger partial charge in [0.15, 0.2) is 5.84 Å². The SMILES string of the molecule is CC1=C(CN2CCN(CC3CCCCC3)CC2)NC(c2ccccn2)=NC1c1ccc(F)cc1Cl. The number of aliphatic imine (C=N–C) groups is 1. The molecule has 1 saturated heterocycles. The van der Waals surface area contributed by atoms with E-state index in [0.29, 0.717) is 5.02 Å². The number of aromatic nitrogens is 1. The number of pyridine rings is 1. The average Bonchev–Trinajstić information content (AvgIpc) is 2.88. The number of rotatable bonds is 6. The van der Waals surface area contributed by atoms with E-state index in [2.05, 4.69) is 27.0 Å². The fourth-order valence-electron chi connectivity index (χ4n) is 5.58. The number of nitrogens with one attached hydrogen (secondary N) is 1. The number of amidine groups is 1. The number of nitrogens with zero attached hydrogens (tertiary/aromatic N) is 4. The summed E-state index contributed by atoms with van der Waals surface area (Å²) in [6.07, 6.45) is 8.81. The van der Waals surface area contributed by atoms with E-state index in [-0.39, 0.29) is 11.9 Å². The molecule has 2 aromatic rings. The molecule has 1 unspecified atom stereocenters. The summed E-state index contributed by atoms with van der Waals surface area (Å²) in [6, 6.07) is 10.1. The van der Waals surface area contributed by atoms with Crippen molar-refractivity contribution in [1.29, 1.82) is 0 Å². The van der Waals surface area contributed by atoms with E-state index in [9.17, 15) is 4.39 Å². The molecule has 0 bridgehead atoms. The van der Waals surface area contributed by atoms with Crippen molar-refractivity contribution >= 4 is 17.4 Å². The van der Waals surface area contributed by atoms with Crippen molar-refractivity contribution in [3.05, 3.63) is 76.0 Å². The lowest BCUT2D eigenvalue weighted by Crippen LogP contribution is -2.49. The van der Waals surface area contributed by atoms with Gasteiger partial charge in [-0.3, -0.25) is 14.9 Å². The third-order valence-corrected chi connectivity index (χ3v) is 7.99. The molecule has 0 radical (unpaired) electrons. The van der Waals surface area contributed by atoms with Crippen molar-refractivity contribution in [1.82, 2.24) is 20.1 Å². The molecule has 1 atom stereocenters. The Morgan fingerprint density at radius 1 is 1.03 bits per heavy atom. The molecule has 1 saturated carbocycles. The first kappa shape index (κ1) is 24.4. The van der Waals surface area contributed by atoms with Gasteiger partial charge in [-0.25, -0.2) is 4.39 Å². The van der Waals surface area contributed by atoms with Crippen LogP contribution in [0.5, 0.6) is 0 Å². The first-order valence-electron chi connectivity index (χ1n) is 12.9. The van der Waals surface area contributed by atoms with Crippen molar-refractivity contribution in [2.45, 2.75) is 45.1 Å². The van der Waals surface area contributed by atoms with Gasteiger partial charge in [0.2, 0.25) is 0 Å². The number of hydrogen-bond donors (Lipinski definition) is 1. The smallest absolute Gasteiger partial charge is 0.152 e. The van der Waals surface area contributed by atoms with Crippen LogP contribution in [-0.4, -0.2) is 59.9 Å². The molecule has 35 heavy (non-hydrogen) atoms. The van der Waals surface area contributed by atoms with Crippen molar-refractivity contribution < 1.29 is 4.39 Å². The molecule has 0 amide bonds. The summed E-state index contributed by atoms with van der Waals surface area (Å²) in [5.74, 6) is 1.28. The second kappa shape index (κ2) is 11.2. The van der Waals surface area contributed by atoms with Crippen LogP contribution in [-0.2, 0) is 0 Å². The van der Waals surface area contributed by atoms with Crippen LogP contribution < -0.4 is 5.32 Å². The highest BCUT2D eigenvalue weighted by Gasteiger charge is 2.28. The van der Waals surface area contributed by atoms with E-state index in [1.807, 2.05) is 18.2 Å². The van der Waals surface area contributed by atoms with Crippen molar-refractivity contribution in [2.24, 2.45) is 10.9 Å². The highest BCUT2D eigenvalue weighted by atomic mass is 35.5. The highest BCUT2D eigenvalue weighted by molar-refractivity contribution is 6.31. The minimum atomic E-state index is -0.338. The van der Waals surface area contributed by atoms with Gasteiger partial charge in [0, 0.05) is 56.2 Å². The van der Waals surface area contributed by atoms with Crippen LogP contribution in [0, 0.1) is 11.7 Å². The molecule has 0 spiro atoms. The number of piperazine rings is 1. The quantitative estimate of drug-likeness (QED) is 0.579. The van der Waals surface area contributed by atoms with Gasteiger partial charge in [-0.15, -0.1) is 0 Å². The molecular weight excluding hydrogens is 461 g/mol. The molecule has 3 heterocycles. The Bertz CT molecular complexity index is 1070. The largest absolute Gasteiger partial charge is 0.341 e. The third kappa shape index (κ3) is 5.93. The van der Waals surface area contributed by atoms with Gasteiger partial charge in [-0.2, -0.15) is 0 Å². The molecule has 5 rings (SSSR count). The van der Waals surface area contributed by atoms with E-state index < -0.39 is 0 Å². The summed E-state index contributed by atoms with van der Waals surface area (Å²) in [7, 11) is 0. The van der Waals surface area contributed by atoms with Crippen molar-refractivity contribution in [3.63, 3.8) is 0 Å². The predicted octanol–water partition coefficient (Wildman–Crippen LogP) is 5.44. The van der Waals surface area contributed by atoms with Crippen molar-refractivity contribution in [3.8, 4) is 0 Å². The lowest BCUT2D eigenvalue weighted by atomic mass is 9.89. The zero-order chi connectivity index (χ0) is 24.2. The fourth-order valence-corrected chi connectivity index (χ4v) is 5.85. The molecule has 2 aliphatic heterocycles. The van der Waals surface area contributed by atoms with Gasteiger partial charge in [-0.05, 0) is 61.1 Å². The Morgan fingerprint density at radius 2 is 1.80 bits per heavy atom. The van der Waals surface area contributed by atoms with Crippen LogP contribution in [0.15, 0.2) is 58.9 Å². The first-order valence-corrected chi connectivity index (χ1v) is 13.3. The van der Waals surface area contributed by atoms with E-state index in [4.69, 9.17) is 16.6 Å². The Morgan fingerprint density at radius 3 is 2.51 bits per heavy atom. The maximum atomic E-state index is 13.8. The van der Waals surface area contributed by atoms with E-state index >= 15 is 0 Å². The Hall–Kier alpha value is -2.28. The van der Waals surface area contributed by atoms with Gasteiger partial charge in [0.1, 0.15) is 17.6 Å². The number of hydrogen-bond acceptors (Lipinski definition) is 5. The van der Waals surface area contributed by atoms with Crippen LogP contribution in [0.4, 0.5) is 4.39 Å². The third-order valence-electron chi connectivity index (χ3n) is 7.67. The summed E-state index contributed by atoms with van der Waals surface area (Å²) < 4.78 is 13.8. The topological polar surface area (TPSA) is 43.8 Å². The number of benzene rings is 1. The molecule has 1 aromatic heterocycles. The van der Waals surface area contributed by atoms with E-state index in [1.54, 1.807) is 12.3 Å². The molecule has 186 valence electrons. The normalized spacial score (nSPS) is 22.7. The summed E-state index contributed by atoms with van der Waals surface area (Å²) in [5, 5.41) is 3.97. The van der Waals surface area contributed by atoms with E-state index in [0.717, 1.165) is 67.0 Å². The van der Waals surface area contributed by atoms with Gasteiger partial charge < -0.3 is 10.2 Å². The zero-order valence-corrected chi connectivity index (χ0v) is 21.3. The fraction of sp³-hybridized carbons (Fsp3) is 0.500. The lowest BCUT2D eigenvalue weighted by molar-refractivity contribution is 0.114. The summed E-state index contributed by atoms with van der Waals surface area (Å²) in [6.45, 7) is 8.55. The highest BCUT2D eigenvalue weighted by Crippen LogP contribution is 2.35. The molecule has 5 nitrogen and oxygen atoms in total. The summed E-state index contributed by atoms with van der Waals surface area (Å²) in [5.41, 5.74) is 3.85. The maximum absolute atomic E-state index is 13.8. The Labute approximate surface area is 213 Å². The van der Waals surface area contributed by atoms with Crippen LogP contribution in [0.2, 0.25) is 5.02 Å². The van der Waals surface area contributed by atoms with Gasteiger partial charge in [0.25, 0.3) is 0 Å². The van der Waals surface area contributed by atoms with Gasteiger partial charge >= 0.3 is 0 Å². The predicted molar refractivity (Wildman–Crippen MR) is 140 cm³/mol. The molecule has 2 fully saturated rings. The van der Waals surface area contributed by atoms with Crippen LogP contribution in [0.3, 0.4) is 0 Å². The number of halogens is 2. The summed E-state index contributed by atoms with van der Waals surface area (Å²) in [4.78, 5) is 14.7.